The first-order valence-corrected chi connectivity index (χ1v) is 6.28. The quantitative estimate of drug-likeness (QED) is 0.779. The Bertz CT molecular complexity index is 411. The summed E-state index contributed by atoms with van der Waals surface area (Å²) >= 11 is 5.84. The van der Waals surface area contributed by atoms with Crippen LogP contribution < -0.4 is 4.90 Å². The molecule has 0 amide bonds. The van der Waals surface area contributed by atoms with Crippen LogP contribution in [0.1, 0.15) is 25.0 Å². The van der Waals surface area contributed by atoms with Crippen molar-refractivity contribution in [1.29, 1.82) is 0 Å². The van der Waals surface area contributed by atoms with E-state index in [-0.39, 0.29) is 12.0 Å². The van der Waals surface area contributed by atoms with Crippen LogP contribution in [0.15, 0.2) is 12.3 Å². The molecular formula is C11H13ClF3N3. The van der Waals surface area contributed by atoms with Crippen molar-refractivity contribution in [2.24, 2.45) is 0 Å². The lowest BCUT2D eigenvalue weighted by molar-refractivity contribution is -0.141. The molecule has 0 spiro atoms. The van der Waals surface area contributed by atoms with Crippen LogP contribution in [0.4, 0.5) is 19.1 Å². The topological polar surface area (TPSA) is 29.0 Å². The second kappa shape index (κ2) is 5.30. The van der Waals surface area contributed by atoms with Gasteiger partial charge in [0.25, 0.3) is 0 Å². The van der Waals surface area contributed by atoms with E-state index < -0.39 is 11.9 Å². The molecule has 1 aromatic rings. The molecule has 1 aliphatic rings. The molecule has 1 aromatic heterocycles. The Hall–Kier alpha value is -1.04. The molecule has 1 unspecified atom stereocenters. The second-order valence-electron chi connectivity index (χ2n) is 4.24. The van der Waals surface area contributed by atoms with Crippen LogP contribution in [0.5, 0.6) is 0 Å². The maximum absolute atomic E-state index is 12.6. The highest BCUT2D eigenvalue weighted by Crippen LogP contribution is 2.29. The van der Waals surface area contributed by atoms with Crippen molar-refractivity contribution in [2.75, 3.05) is 17.3 Å². The predicted molar refractivity (Wildman–Crippen MR) is 62.7 cm³/mol. The van der Waals surface area contributed by atoms with E-state index in [0.717, 1.165) is 31.5 Å². The van der Waals surface area contributed by atoms with Gasteiger partial charge in [-0.25, -0.2) is 9.97 Å². The van der Waals surface area contributed by atoms with Crippen LogP contribution >= 0.6 is 11.6 Å². The van der Waals surface area contributed by atoms with Crippen LogP contribution in [0, 0.1) is 0 Å². The SMILES string of the molecule is FC(F)(F)c1ccnc(N2CCCCC2CCl)n1. The van der Waals surface area contributed by atoms with Gasteiger partial charge in [-0.2, -0.15) is 13.2 Å². The van der Waals surface area contributed by atoms with Gasteiger partial charge >= 0.3 is 6.18 Å². The Balaban J connectivity index is 2.27. The van der Waals surface area contributed by atoms with Gasteiger partial charge in [0, 0.05) is 24.7 Å². The summed E-state index contributed by atoms with van der Waals surface area (Å²) in [6, 6.07) is 0.896. The van der Waals surface area contributed by atoms with E-state index in [4.69, 9.17) is 11.6 Å². The maximum atomic E-state index is 12.6. The van der Waals surface area contributed by atoms with E-state index in [1.54, 1.807) is 4.90 Å². The van der Waals surface area contributed by atoms with Crippen molar-refractivity contribution in [3.8, 4) is 0 Å². The molecule has 1 saturated heterocycles. The zero-order chi connectivity index (χ0) is 13.2. The highest BCUT2D eigenvalue weighted by molar-refractivity contribution is 6.18. The van der Waals surface area contributed by atoms with Crippen LogP contribution in [0.2, 0.25) is 0 Å². The number of halogens is 4. The highest BCUT2D eigenvalue weighted by Gasteiger charge is 2.34. The van der Waals surface area contributed by atoms with Crippen molar-refractivity contribution in [1.82, 2.24) is 9.97 Å². The standard InChI is InChI=1S/C11H13ClF3N3/c12-7-8-3-1-2-6-18(8)10-16-5-4-9(17-10)11(13,14)15/h4-5,8H,1-3,6-7H2. The summed E-state index contributed by atoms with van der Waals surface area (Å²) < 4.78 is 37.7. The molecule has 18 heavy (non-hydrogen) atoms. The molecule has 100 valence electrons. The number of nitrogens with zero attached hydrogens (tertiary/aromatic N) is 3. The van der Waals surface area contributed by atoms with E-state index in [1.165, 1.54) is 0 Å². The van der Waals surface area contributed by atoms with Gasteiger partial charge in [-0.05, 0) is 25.3 Å². The molecule has 0 aliphatic carbocycles. The molecule has 1 aliphatic heterocycles. The lowest BCUT2D eigenvalue weighted by atomic mass is 10.0. The molecule has 2 heterocycles. The molecule has 0 bridgehead atoms. The summed E-state index contributed by atoms with van der Waals surface area (Å²) in [6.45, 7) is 0.651. The Morgan fingerprint density at radius 3 is 2.83 bits per heavy atom. The third-order valence-corrected chi connectivity index (χ3v) is 3.35. The number of piperidine rings is 1. The minimum Gasteiger partial charge on any atom is -0.337 e. The first-order valence-electron chi connectivity index (χ1n) is 5.75. The fourth-order valence-electron chi connectivity index (χ4n) is 2.07. The van der Waals surface area contributed by atoms with Crippen LogP contribution in [-0.2, 0) is 6.18 Å². The fraction of sp³-hybridized carbons (Fsp3) is 0.636. The van der Waals surface area contributed by atoms with Crippen LogP contribution in [0.3, 0.4) is 0 Å². The lowest BCUT2D eigenvalue weighted by Crippen LogP contribution is -2.42. The Morgan fingerprint density at radius 1 is 1.39 bits per heavy atom. The number of hydrogen-bond acceptors (Lipinski definition) is 3. The van der Waals surface area contributed by atoms with Crippen molar-refractivity contribution in [2.45, 2.75) is 31.5 Å². The predicted octanol–water partition coefficient (Wildman–Crippen LogP) is 3.09. The average Bonchev–Trinajstić information content (AvgIpc) is 2.38. The van der Waals surface area contributed by atoms with Gasteiger partial charge < -0.3 is 4.90 Å². The molecule has 7 heteroatoms. The largest absolute Gasteiger partial charge is 0.433 e. The Labute approximate surface area is 108 Å². The zero-order valence-corrected chi connectivity index (χ0v) is 10.4. The van der Waals surface area contributed by atoms with Crippen molar-refractivity contribution in [3.05, 3.63) is 18.0 Å². The van der Waals surface area contributed by atoms with Gasteiger partial charge in [0.1, 0.15) is 5.69 Å². The Kier molecular flexibility index (Phi) is 3.94. The van der Waals surface area contributed by atoms with E-state index in [1.807, 2.05) is 0 Å². The number of anilines is 1. The summed E-state index contributed by atoms with van der Waals surface area (Å²) in [6.07, 6.45) is -0.474. The first-order chi connectivity index (χ1) is 8.52. The second-order valence-corrected chi connectivity index (χ2v) is 4.55. The molecule has 0 aromatic carbocycles. The number of alkyl halides is 4. The van der Waals surface area contributed by atoms with Crippen LogP contribution in [0.25, 0.3) is 0 Å². The van der Waals surface area contributed by atoms with Gasteiger partial charge in [-0.1, -0.05) is 0 Å². The summed E-state index contributed by atoms with van der Waals surface area (Å²) in [5, 5.41) is 0. The third kappa shape index (κ3) is 2.85. The molecule has 3 nitrogen and oxygen atoms in total. The summed E-state index contributed by atoms with van der Waals surface area (Å²) in [5.74, 6) is 0.495. The van der Waals surface area contributed by atoms with Gasteiger partial charge in [0.2, 0.25) is 5.95 Å². The lowest BCUT2D eigenvalue weighted by Gasteiger charge is -2.34. The minimum absolute atomic E-state index is 0.0175. The van der Waals surface area contributed by atoms with E-state index in [2.05, 4.69) is 9.97 Å². The van der Waals surface area contributed by atoms with E-state index in [9.17, 15) is 13.2 Å². The molecule has 2 rings (SSSR count). The molecule has 0 saturated carbocycles. The smallest absolute Gasteiger partial charge is 0.337 e. The summed E-state index contributed by atoms with van der Waals surface area (Å²) in [7, 11) is 0. The van der Waals surface area contributed by atoms with E-state index >= 15 is 0 Å². The molecular weight excluding hydrogens is 267 g/mol. The van der Waals surface area contributed by atoms with E-state index in [0.29, 0.717) is 12.4 Å². The minimum atomic E-state index is -4.44. The van der Waals surface area contributed by atoms with Gasteiger partial charge in [0.05, 0.1) is 0 Å². The summed E-state index contributed by atoms with van der Waals surface area (Å²) in [4.78, 5) is 9.30. The fourth-order valence-corrected chi connectivity index (χ4v) is 2.39. The van der Waals surface area contributed by atoms with Crippen molar-refractivity contribution >= 4 is 17.5 Å². The third-order valence-electron chi connectivity index (χ3n) is 3.00. The Morgan fingerprint density at radius 2 is 2.17 bits per heavy atom. The normalized spacial score (nSPS) is 21.1. The number of aromatic nitrogens is 2. The highest BCUT2D eigenvalue weighted by atomic mass is 35.5. The van der Waals surface area contributed by atoms with Crippen molar-refractivity contribution < 1.29 is 13.2 Å². The monoisotopic (exact) mass is 279 g/mol. The van der Waals surface area contributed by atoms with Gasteiger partial charge in [-0.15, -0.1) is 11.6 Å². The van der Waals surface area contributed by atoms with Gasteiger partial charge in [0.15, 0.2) is 0 Å². The average molecular weight is 280 g/mol. The summed E-state index contributed by atoms with van der Waals surface area (Å²) in [5.41, 5.74) is -0.911. The molecule has 0 N–H and O–H groups in total. The number of rotatable bonds is 2. The first kappa shape index (κ1) is 13.4. The number of hydrogen-bond donors (Lipinski definition) is 0. The maximum Gasteiger partial charge on any atom is 0.433 e. The van der Waals surface area contributed by atoms with Crippen LogP contribution in [-0.4, -0.2) is 28.4 Å². The van der Waals surface area contributed by atoms with Crippen molar-refractivity contribution in [3.63, 3.8) is 0 Å². The molecule has 0 radical (unpaired) electrons. The molecule has 1 atom stereocenters. The zero-order valence-electron chi connectivity index (χ0n) is 9.62. The van der Waals surface area contributed by atoms with Gasteiger partial charge in [-0.3, -0.25) is 0 Å². The molecule has 1 fully saturated rings.